The van der Waals surface area contributed by atoms with E-state index in [4.69, 9.17) is 4.74 Å². The van der Waals surface area contributed by atoms with E-state index >= 15 is 0 Å². The molecule has 0 spiro atoms. The lowest BCUT2D eigenvalue weighted by Crippen LogP contribution is -2.43. The van der Waals surface area contributed by atoms with Crippen molar-refractivity contribution in [2.75, 3.05) is 19.6 Å². The summed E-state index contributed by atoms with van der Waals surface area (Å²) < 4.78 is 6.08. The maximum atomic E-state index is 12.4. The molecule has 130 valence electrons. The molecule has 3 atom stereocenters. The normalized spacial score (nSPS) is 30.1. The quantitative estimate of drug-likeness (QED) is 0.881. The molecule has 1 aliphatic carbocycles. The van der Waals surface area contributed by atoms with Crippen molar-refractivity contribution in [3.8, 4) is 0 Å². The number of rotatable bonds is 5. The molecule has 1 aromatic heterocycles. The third-order valence-corrected chi connectivity index (χ3v) is 5.42. The Labute approximate surface area is 143 Å². The van der Waals surface area contributed by atoms with Crippen LogP contribution in [0.4, 0.5) is 0 Å². The van der Waals surface area contributed by atoms with Gasteiger partial charge in [-0.3, -0.25) is 14.8 Å². The highest BCUT2D eigenvalue weighted by Crippen LogP contribution is 2.36. The summed E-state index contributed by atoms with van der Waals surface area (Å²) in [5, 5.41) is 2.94. The molecule has 0 bridgehead atoms. The van der Waals surface area contributed by atoms with Gasteiger partial charge in [-0.25, -0.2) is 0 Å². The topological polar surface area (TPSA) is 67.4 Å². The molecule has 2 saturated heterocycles. The summed E-state index contributed by atoms with van der Waals surface area (Å²) in [5.74, 6) is 1.44. The van der Waals surface area contributed by atoms with Gasteiger partial charge in [0, 0.05) is 19.3 Å². The van der Waals surface area contributed by atoms with Crippen LogP contribution in [-0.4, -0.2) is 52.6 Å². The van der Waals surface area contributed by atoms with Gasteiger partial charge in [-0.1, -0.05) is 0 Å². The van der Waals surface area contributed by atoms with Crippen LogP contribution in [-0.2, 0) is 16.1 Å². The minimum atomic E-state index is -0.306. The van der Waals surface area contributed by atoms with Crippen molar-refractivity contribution in [2.45, 2.75) is 51.4 Å². The van der Waals surface area contributed by atoms with E-state index in [9.17, 15) is 4.79 Å². The lowest BCUT2D eigenvalue weighted by molar-refractivity contribution is -0.133. The van der Waals surface area contributed by atoms with Crippen molar-refractivity contribution in [1.82, 2.24) is 20.2 Å². The molecule has 3 heterocycles. The Balaban J connectivity index is 1.26. The molecule has 3 aliphatic rings. The number of carbonyl (C=O) groups excluding carboxylic acids is 1. The van der Waals surface area contributed by atoms with Gasteiger partial charge in [0.15, 0.2) is 0 Å². The Kier molecular flexibility index (Phi) is 4.50. The summed E-state index contributed by atoms with van der Waals surface area (Å²) >= 11 is 0. The number of amides is 1. The van der Waals surface area contributed by atoms with Gasteiger partial charge in [-0.15, -0.1) is 0 Å². The first-order valence-corrected chi connectivity index (χ1v) is 9.10. The summed E-state index contributed by atoms with van der Waals surface area (Å²) in [5.41, 5.74) is 1.66. The summed E-state index contributed by atoms with van der Waals surface area (Å²) in [6, 6.07) is 0. The molecule has 1 amide bonds. The zero-order valence-electron chi connectivity index (χ0n) is 14.3. The van der Waals surface area contributed by atoms with Crippen molar-refractivity contribution < 1.29 is 9.53 Å². The summed E-state index contributed by atoms with van der Waals surface area (Å²) in [7, 11) is 0. The molecule has 0 radical (unpaired) electrons. The fourth-order valence-corrected chi connectivity index (χ4v) is 3.80. The van der Waals surface area contributed by atoms with E-state index in [2.05, 4.69) is 20.2 Å². The SMILES string of the molecule is Cc1cnc(CNC(=O)[C@@H]2C[C@H]3CCN(CC4CC4)C[C@@H]3O2)cn1. The van der Waals surface area contributed by atoms with Crippen molar-refractivity contribution >= 4 is 5.91 Å². The lowest BCUT2D eigenvalue weighted by Gasteiger charge is -2.34. The number of likely N-dealkylation sites (tertiary alicyclic amines) is 1. The van der Waals surface area contributed by atoms with Gasteiger partial charge in [0.05, 0.1) is 30.2 Å². The van der Waals surface area contributed by atoms with E-state index in [1.54, 1.807) is 12.4 Å². The van der Waals surface area contributed by atoms with Crippen molar-refractivity contribution in [2.24, 2.45) is 11.8 Å². The van der Waals surface area contributed by atoms with E-state index in [1.165, 1.54) is 19.4 Å². The standard InChI is InChI=1S/C18H26N4O2/c1-12-7-20-15(8-19-12)9-21-18(23)16-6-14-4-5-22(10-13-2-3-13)11-17(14)24-16/h7-8,13-14,16-17H,2-6,9-11H2,1H3,(H,21,23)/t14-,16+,17+/m1/s1. The third kappa shape index (κ3) is 3.75. The smallest absolute Gasteiger partial charge is 0.249 e. The zero-order chi connectivity index (χ0) is 16.5. The largest absolute Gasteiger partial charge is 0.364 e. The predicted molar refractivity (Wildman–Crippen MR) is 89.2 cm³/mol. The van der Waals surface area contributed by atoms with Crippen LogP contribution >= 0.6 is 0 Å². The monoisotopic (exact) mass is 330 g/mol. The summed E-state index contributed by atoms with van der Waals surface area (Å²) in [6.07, 6.45) is 8.14. The molecule has 0 aromatic carbocycles. The molecule has 1 N–H and O–H groups in total. The van der Waals surface area contributed by atoms with Crippen LogP contribution in [0.25, 0.3) is 0 Å². The fourth-order valence-electron chi connectivity index (χ4n) is 3.80. The predicted octanol–water partition coefficient (Wildman–Crippen LogP) is 1.29. The molecule has 4 rings (SSSR count). The Morgan fingerprint density at radius 2 is 2.21 bits per heavy atom. The van der Waals surface area contributed by atoms with Crippen LogP contribution < -0.4 is 5.32 Å². The molecule has 24 heavy (non-hydrogen) atoms. The van der Waals surface area contributed by atoms with Crippen LogP contribution in [0.1, 0.15) is 37.1 Å². The number of piperidine rings is 1. The summed E-state index contributed by atoms with van der Waals surface area (Å²) in [4.78, 5) is 23.4. The average molecular weight is 330 g/mol. The maximum absolute atomic E-state index is 12.4. The van der Waals surface area contributed by atoms with Crippen LogP contribution in [0.2, 0.25) is 0 Å². The van der Waals surface area contributed by atoms with Crippen LogP contribution in [0, 0.1) is 18.8 Å². The number of hydrogen-bond acceptors (Lipinski definition) is 5. The minimum absolute atomic E-state index is 0.0134. The Bertz CT molecular complexity index is 587. The molecule has 6 heteroatoms. The van der Waals surface area contributed by atoms with E-state index in [-0.39, 0.29) is 18.1 Å². The molecular weight excluding hydrogens is 304 g/mol. The lowest BCUT2D eigenvalue weighted by atomic mass is 9.91. The van der Waals surface area contributed by atoms with E-state index < -0.39 is 0 Å². The van der Waals surface area contributed by atoms with Crippen molar-refractivity contribution in [3.63, 3.8) is 0 Å². The Morgan fingerprint density at radius 1 is 1.33 bits per heavy atom. The van der Waals surface area contributed by atoms with Gasteiger partial charge in [-0.2, -0.15) is 0 Å². The van der Waals surface area contributed by atoms with Crippen LogP contribution in [0.5, 0.6) is 0 Å². The maximum Gasteiger partial charge on any atom is 0.249 e. The number of nitrogens with zero attached hydrogens (tertiary/aromatic N) is 3. The van der Waals surface area contributed by atoms with Gasteiger partial charge in [-0.05, 0) is 51.0 Å². The van der Waals surface area contributed by atoms with Gasteiger partial charge < -0.3 is 15.0 Å². The number of ether oxygens (including phenoxy) is 1. The first-order chi connectivity index (χ1) is 11.7. The number of aromatic nitrogens is 2. The second-order valence-corrected chi connectivity index (χ2v) is 7.52. The van der Waals surface area contributed by atoms with Gasteiger partial charge in [0.25, 0.3) is 0 Å². The van der Waals surface area contributed by atoms with E-state index in [0.29, 0.717) is 12.5 Å². The number of carbonyl (C=O) groups is 1. The molecule has 2 aliphatic heterocycles. The van der Waals surface area contributed by atoms with Gasteiger partial charge in [0.1, 0.15) is 6.10 Å². The molecule has 3 fully saturated rings. The molecule has 0 unspecified atom stereocenters. The van der Waals surface area contributed by atoms with Crippen LogP contribution in [0.3, 0.4) is 0 Å². The number of fused-ring (bicyclic) bond motifs is 1. The number of hydrogen-bond donors (Lipinski definition) is 1. The number of aryl methyl sites for hydroxylation is 1. The second-order valence-electron chi connectivity index (χ2n) is 7.52. The highest BCUT2D eigenvalue weighted by molar-refractivity contribution is 5.81. The first-order valence-electron chi connectivity index (χ1n) is 9.10. The third-order valence-electron chi connectivity index (χ3n) is 5.42. The van der Waals surface area contributed by atoms with Gasteiger partial charge >= 0.3 is 0 Å². The zero-order valence-corrected chi connectivity index (χ0v) is 14.3. The molecular formula is C18H26N4O2. The Hall–Kier alpha value is -1.53. The van der Waals surface area contributed by atoms with Crippen molar-refractivity contribution in [3.05, 3.63) is 23.8 Å². The molecule has 6 nitrogen and oxygen atoms in total. The molecule has 1 aromatic rings. The van der Waals surface area contributed by atoms with E-state index in [0.717, 1.165) is 43.2 Å². The Morgan fingerprint density at radius 3 is 2.96 bits per heavy atom. The minimum Gasteiger partial charge on any atom is -0.364 e. The molecule has 1 saturated carbocycles. The average Bonchev–Trinajstić information content (AvgIpc) is 3.29. The first kappa shape index (κ1) is 16.0. The van der Waals surface area contributed by atoms with Crippen LogP contribution in [0.15, 0.2) is 12.4 Å². The highest BCUT2D eigenvalue weighted by Gasteiger charge is 2.42. The number of nitrogens with one attached hydrogen (secondary N) is 1. The van der Waals surface area contributed by atoms with Crippen molar-refractivity contribution in [1.29, 1.82) is 0 Å². The van der Waals surface area contributed by atoms with E-state index in [1.807, 2.05) is 6.92 Å². The second kappa shape index (κ2) is 6.76. The fraction of sp³-hybridized carbons (Fsp3) is 0.722. The summed E-state index contributed by atoms with van der Waals surface area (Å²) in [6.45, 7) is 5.68. The highest BCUT2D eigenvalue weighted by atomic mass is 16.5. The van der Waals surface area contributed by atoms with Gasteiger partial charge in [0.2, 0.25) is 5.91 Å².